The maximum atomic E-state index is 15.9. The van der Waals surface area contributed by atoms with Crippen molar-refractivity contribution in [2.45, 2.75) is 44.8 Å². The van der Waals surface area contributed by atoms with E-state index in [0.29, 0.717) is 40.8 Å². The Balaban J connectivity index is 0.00000386. The van der Waals surface area contributed by atoms with Crippen molar-refractivity contribution >= 4 is 52.7 Å². The number of carboxylic acid groups (broad SMARTS) is 1. The van der Waals surface area contributed by atoms with Gasteiger partial charge in [-0.2, -0.15) is 0 Å². The molecule has 2 heterocycles. The third kappa shape index (κ3) is 6.50. The smallest absolute Gasteiger partial charge is 0.335 e. The van der Waals surface area contributed by atoms with Gasteiger partial charge in [0.25, 0.3) is 0 Å². The molecule has 2 aliphatic rings. The highest BCUT2D eigenvalue weighted by atomic mass is 35.5. The van der Waals surface area contributed by atoms with E-state index in [9.17, 15) is 14.7 Å². The van der Waals surface area contributed by atoms with Gasteiger partial charge in [-0.3, -0.25) is 4.90 Å². The molecule has 0 spiro atoms. The Hall–Kier alpha value is -4.60. The Labute approximate surface area is 282 Å². The van der Waals surface area contributed by atoms with Gasteiger partial charge in [0.1, 0.15) is 24.0 Å². The summed E-state index contributed by atoms with van der Waals surface area (Å²) in [7, 11) is 0. The maximum Gasteiger partial charge on any atom is 0.335 e. The summed E-state index contributed by atoms with van der Waals surface area (Å²) in [5.74, 6) is -0.684. The van der Waals surface area contributed by atoms with Crippen molar-refractivity contribution in [1.29, 1.82) is 0 Å². The summed E-state index contributed by atoms with van der Waals surface area (Å²) >= 11 is 6.13. The Bertz CT molecular complexity index is 1960. The molecular formula is C36H33Cl2FN4O4. The van der Waals surface area contributed by atoms with E-state index in [-0.39, 0.29) is 36.7 Å². The molecular weight excluding hydrogens is 642 g/mol. The highest BCUT2D eigenvalue weighted by Crippen LogP contribution is 2.38. The zero-order chi connectivity index (χ0) is 31.8. The Morgan fingerprint density at radius 2 is 1.74 bits per heavy atom. The molecule has 0 bridgehead atoms. The lowest BCUT2D eigenvalue weighted by Crippen LogP contribution is -2.27. The van der Waals surface area contributed by atoms with Crippen molar-refractivity contribution in [3.63, 3.8) is 0 Å². The van der Waals surface area contributed by atoms with Crippen LogP contribution in [0.3, 0.4) is 0 Å². The number of aromatic nitrogens is 2. The van der Waals surface area contributed by atoms with Crippen LogP contribution >= 0.6 is 24.0 Å². The first-order chi connectivity index (χ1) is 22.4. The van der Waals surface area contributed by atoms with Crippen molar-refractivity contribution in [3.05, 3.63) is 101 Å². The van der Waals surface area contributed by atoms with Crippen molar-refractivity contribution in [1.82, 2.24) is 14.9 Å². The minimum Gasteiger partial charge on any atom is -0.489 e. The molecule has 47 heavy (non-hydrogen) atoms. The fraction of sp³-hybridized carbons (Fsp3) is 0.250. The average Bonchev–Trinajstić information content (AvgIpc) is 3.67. The number of imidazole rings is 1. The van der Waals surface area contributed by atoms with Crippen LogP contribution in [-0.4, -0.2) is 39.7 Å². The summed E-state index contributed by atoms with van der Waals surface area (Å²) in [4.78, 5) is 30.5. The number of nitrogens with zero attached hydrogens (tertiary/aromatic N) is 3. The van der Waals surface area contributed by atoms with Crippen LogP contribution in [0.15, 0.2) is 78.9 Å². The number of halogens is 3. The summed E-state index contributed by atoms with van der Waals surface area (Å²) in [5.41, 5.74) is 5.24. The third-order valence-electron chi connectivity index (χ3n) is 8.86. The molecule has 5 aromatic rings. The Morgan fingerprint density at radius 1 is 0.979 bits per heavy atom. The fourth-order valence-corrected chi connectivity index (χ4v) is 6.68. The summed E-state index contributed by atoms with van der Waals surface area (Å²) in [6, 6.07) is 22.9. The second kappa shape index (κ2) is 13.6. The lowest BCUT2D eigenvalue weighted by Gasteiger charge is -2.25. The quantitative estimate of drug-likeness (QED) is 0.171. The molecule has 1 saturated heterocycles. The number of carbonyl (C=O) groups is 2. The van der Waals surface area contributed by atoms with Crippen LogP contribution in [0.25, 0.3) is 33.5 Å². The zero-order valence-corrected chi connectivity index (χ0v) is 27.0. The number of urea groups is 1. The molecule has 1 aromatic heterocycles. The normalized spacial score (nSPS) is 15.0. The molecule has 4 aromatic carbocycles. The van der Waals surface area contributed by atoms with Gasteiger partial charge in [-0.05, 0) is 84.1 Å². The van der Waals surface area contributed by atoms with Crippen LogP contribution in [0.4, 0.5) is 14.9 Å². The molecule has 0 radical (unpaired) electrons. The van der Waals surface area contributed by atoms with Crippen molar-refractivity contribution in [2.24, 2.45) is 0 Å². The summed E-state index contributed by atoms with van der Waals surface area (Å²) in [6.45, 7) is 1.28. The molecule has 2 fully saturated rings. The van der Waals surface area contributed by atoms with Crippen LogP contribution in [0.1, 0.15) is 54.1 Å². The predicted octanol–water partition coefficient (Wildman–Crippen LogP) is 8.90. The average molecular weight is 676 g/mol. The lowest BCUT2D eigenvalue weighted by molar-refractivity contribution is 0.0697. The lowest BCUT2D eigenvalue weighted by atomic mass is 9.94. The minimum atomic E-state index is -1.03. The van der Waals surface area contributed by atoms with Gasteiger partial charge in [0, 0.05) is 35.9 Å². The van der Waals surface area contributed by atoms with Gasteiger partial charge in [0.15, 0.2) is 0 Å². The van der Waals surface area contributed by atoms with E-state index in [1.165, 1.54) is 6.07 Å². The molecule has 0 atom stereocenters. The van der Waals surface area contributed by atoms with Crippen LogP contribution in [-0.2, 0) is 6.61 Å². The van der Waals surface area contributed by atoms with Gasteiger partial charge >= 0.3 is 12.0 Å². The third-order valence-corrected chi connectivity index (χ3v) is 9.12. The van der Waals surface area contributed by atoms with E-state index < -0.39 is 11.8 Å². The Kier molecular flexibility index (Phi) is 9.38. The van der Waals surface area contributed by atoms with E-state index in [0.717, 1.165) is 60.0 Å². The number of hydrogen-bond acceptors (Lipinski definition) is 4. The number of ether oxygens (including phenoxy) is 1. The molecule has 2 amide bonds. The van der Waals surface area contributed by atoms with E-state index >= 15 is 4.39 Å². The summed E-state index contributed by atoms with van der Waals surface area (Å²) < 4.78 is 24.2. The number of hydrogen-bond donors (Lipinski definition) is 2. The number of benzene rings is 4. The van der Waals surface area contributed by atoms with Gasteiger partial charge in [0.05, 0.1) is 22.2 Å². The standard InChI is InChI=1S/C36H32ClFN4O4.ClH/c37-25-9-6-22(7-10-25)29-13-11-27(41-17-16-39-36(41)45)18-24(29)21-46-28-12-14-30(31(38)20-28)34-40-32-19-23(35(43)44)8-15-33(32)42(34)26-4-2-1-3-5-26;/h6-15,18-20,26H,1-5,16-17,21H2,(H,39,45)(H,43,44);1H. The number of nitrogens with one attached hydrogen (secondary N) is 1. The number of fused-ring (bicyclic) bond motifs is 1. The first-order valence-corrected chi connectivity index (χ1v) is 15.9. The second-order valence-electron chi connectivity index (χ2n) is 11.8. The topological polar surface area (TPSA) is 96.7 Å². The first kappa shape index (κ1) is 32.3. The maximum absolute atomic E-state index is 15.9. The first-order valence-electron chi connectivity index (χ1n) is 15.5. The molecule has 242 valence electrons. The van der Waals surface area contributed by atoms with Crippen LogP contribution in [0.2, 0.25) is 5.02 Å². The minimum absolute atomic E-state index is 0. The van der Waals surface area contributed by atoms with Crippen LogP contribution < -0.4 is 15.0 Å². The van der Waals surface area contributed by atoms with Gasteiger partial charge in [0.2, 0.25) is 0 Å². The zero-order valence-electron chi connectivity index (χ0n) is 25.4. The largest absolute Gasteiger partial charge is 0.489 e. The van der Waals surface area contributed by atoms with E-state index in [1.54, 1.807) is 35.2 Å². The van der Waals surface area contributed by atoms with Gasteiger partial charge in [-0.1, -0.05) is 49.1 Å². The molecule has 2 N–H and O–H groups in total. The number of carbonyl (C=O) groups excluding carboxylic acids is 1. The fourth-order valence-electron chi connectivity index (χ4n) is 6.56. The molecule has 1 aliphatic heterocycles. The summed E-state index contributed by atoms with van der Waals surface area (Å²) in [6.07, 6.45) is 5.23. The van der Waals surface area contributed by atoms with Gasteiger partial charge in [-0.25, -0.2) is 19.0 Å². The molecule has 11 heteroatoms. The second-order valence-corrected chi connectivity index (χ2v) is 12.2. The van der Waals surface area contributed by atoms with Crippen LogP contribution in [0, 0.1) is 5.82 Å². The number of aromatic carboxylic acids is 1. The van der Waals surface area contributed by atoms with E-state index in [1.807, 2.05) is 42.5 Å². The van der Waals surface area contributed by atoms with E-state index in [2.05, 4.69) is 9.88 Å². The molecule has 0 unspecified atom stereocenters. The monoisotopic (exact) mass is 674 g/mol. The summed E-state index contributed by atoms with van der Waals surface area (Å²) in [5, 5.41) is 13.0. The van der Waals surface area contributed by atoms with E-state index in [4.69, 9.17) is 21.3 Å². The molecule has 1 saturated carbocycles. The molecule has 7 rings (SSSR count). The number of rotatable bonds is 8. The highest BCUT2D eigenvalue weighted by Gasteiger charge is 2.25. The van der Waals surface area contributed by atoms with Crippen molar-refractivity contribution in [3.8, 4) is 28.3 Å². The van der Waals surface area contributed by atoms with Gasteiger partial charge < -0.3 is 19.7 Å². The highest BCUT2D eigenvalue weighted by molar-refractivity contribution is 6.30. The molecule has 1 aliphatic carbocycles. The number of amides is 2. The predicted molar refractivity (Wildman–Crippen MR) is 183 cm³/mol. The van der Waals surface area contributed by atoms with Crippen molar-refractivity contribution < 1.29 is 23.8 Å². The molecule has 8 nitrogen and oxygen atoms in total. The Morgan fingerprint density at radius 3 is 2.45 bits per heavy atom. The number of carboxylic acids is 1. The van der Waals surface area contributed by atoms with Crippen molar-refractivity contribution in [2.75, 3.05) is 18.0 Å². The number of anilines is 1. The van der Waals surface area contributed by atoms with Gasteiger partial charge in [-0.15, -0.1) is 12.4 Å². The van der Waals surface area contributed by atoms with Crippen LogP contribution in [0.5, 0.6) is 5.75 Å². The SMILES string of the molecule is Cl.O=C(O)c1ccc2c(c1)nc(-c1ccc(OCc3cc(N4CCNC4=O)ccc3-c3ccc(Cl)cc3)cc1F)n2C1CCCCC1.